The molecule has 0 saturated heterocycles. The Labute approximate surface area is 50.7 Å². The molecule has 0 bridgehead atoms. The van der Waals surface area contributed by atoms with Gasteiger partial charge in [0.15, 0.2) is 0 Å². The topological polar surface area (TPSA) is 9.23 Å². The normalized spacial score (nSPS) is 11.1. The summed E-state index contributed by atoms with van der Waals surface area (Å²) < 4.78 is 4.92. The molecule has 8 heavy (non-hydrogen) atoms. The highest BCUT2D eigenvalue weighted by Crippen LogP contribution is 2.04. The lowest BCUT2D eigenvalue weighted by Crippen LogP contribution is -1.84. The molecule has 1 nitrogen and oxygen atoms in total. The van der Waals surface area contributed by atoms with Gasteiger partial charge in [-0.05, 0) is 25.5 Å². The van der Waals surface area contributed by atoms with Crippen LogP contribution in [0.3, 0.4) is 0 Å². The molecule has 0 atom stereocenters. The minimum Gasteiger partial charge on any atom is -0.497 e. The molecule has 0 rings (SSSR count). The van der Waals surface area contributed by atoms with E-state index in [1.165, 1.54) is 0 Å². The predicted molar refractivity (Wildman–Crippen MR) is 35.6 cm³/mol. The van der Waals surface area contributed by atoms with E-state index < -0.39 is 0 Å². The zero-order valence-electron chi connectivity index (χ0n) is 5.69. The van der Waals surface area contributed by atoms with E-state index in [1.54, 1.807) is 7.11 Å². The van der Waals surface area contributed by atoms with Crippen LogP contribution in [0.25, 0.3) is 0 Å². The molecule has 0 fully saturated rings. The molecule has 0 aliphatic rings. The molecule has 0 heterocycles. The van der Waals surface area contributed by atoms with E-state index in [0.29, 0.717) is 0 Å². The summed E-state index contributed by atoms with van der Waals surface area (Å²) in [5, 5.41) is 0. The minimum atomic E-state index is 0.866. The molecule has 0 aliphatic carbocycles. The maximum atomic E-state index is 4.92. The second-order valence-electron chi connectivity index (χ2n) is 1.64. The lowest BCUT2D eigenvalue weighted by molar-refractivity contribution is 0.300. The first-order chi connectivity index (χ1) is 3.72. The number of rotatable bonds is 2. The smallest absolute Gasteiger partial charge is 0.116 e. The van der Waals surface area contributed by atoms with Crippen molar-refractivity contribution < 1.29 is 4.74 Å². The van der Waals surface area contributed by atoms with Gasteiger partial charge >= 0.3 is 0 Å². The van der Waals surface area contributed by atoms with Gasteiger partial charge in [0.05, 0.1) is 7.11 Å². The van der Waals surface area contributed by atoms with Crippen molar-refractivity contribution in [2.24, 2.45) is 0 Å². The van der Waals surface area contributed by atoms with Crippen molar-refractivity contribution in [1.82, 2.24) is 0 Å². The highest BCUT2D eigenvalue weighted by molar-refractivity contribution is 5.18. The van der Waals surface area contributed by atoms with Crippen LogP contribution in [0.2, 0.25) is 0 Å². The van der Waals surface area contributed by atoms with Gasteiger partial charge in [0, 0.05) is 0 Å². The van der Waals surface area contributed by atoms with Crippen LogP contribution in [0.1, 0.15) is 13.8 Å². The summed E-state index contributed by atoms with van der Waals surface area (Å²) in [4.78, 5) is 0. The third kappa shape index (κ3) is 1.82. The van der Waals surface area contributed by atoms with Crippen LogP contribution in [-0.2, 0) is 4.74 Å². The molecule has 0 aromatic heterocycles. The lowest BCUT2D eigenvalue weighted by Gasteiger charge is -2.01. The molecule has 1 heteroatoms. The van der Waals surface area contributed by atoms with Crippen LogP contribution >= 0.6 is 0 Å². The Hall–Kier alpha value is -0.720. The third-order valence-electron chi connectivity index (χ3n) is 0.903. The van der Waals surface area contributed by atoms with Crippen molar-refractivity contribution >= 4 is 0 Å². The molecule has 0 amide bonds. The van der Waals surface area contributed by atoms with Crippen molar-refractivity contribution in [1.29, 1.82) is 0 Å². The van der Waals surface area contributed by atoms with Crippen LogP contribution < -0.4 is 0 Å². The van der Waals surface area contributed by atoms with Gasteiger partial charge in [-0.3, -0.25) is 0 Å². The van der Waals surface area contributed by atoms with E-state index in [1.807, 2.05) is 19.9 Å². The Bertz CT molecular complexity index is 112. The van der Waals surface area contributed by atoms with Crippen LogP contribution in [0.4, 0.5) is 0 Å². The largest absolute Gasteiger partial charge is 0.497 e. The summed E-state index contributed by atoms with van der Waals surface area (Å²) >= 11 is 0. The van der Waals surface area contributed by atoms with E-state index >= 15 is 0 Å². The third-order valence-corrected chi connectivity index (χ3v) is 0.903. The van der Waals surface area contributed by atoms with E-state index in [-0.39, 0.29) is 0 Å². The van der Waals surface area contributed by atoms with Gasteiger partial charge < -0.3 is 4.74 Å². The molecule has 46 valence electrons. The van der Waals surface area contributed by atoms with Gasteiger partial charge in [0.2, 0.25) is 0 Å². The first kappa shape index (κ1) is 7.28. The number of hydrogen-bond acceptors (Lipinski definition) is 1. The van der Waals surface area contributed by atoms with E-state index in [2.05, 4.69) is 6.58 Å². The second-order valence-corrected chi connectivity index (χ2v) is 1.64. The number of allylic oxidation sites excluding steroid dienone is 2. The van der Waals surface area contributed by atoms with Gasteiger partial charge in [0.1, 0.15) is 5.76 Å². The molecule has 0 aliphatic heterocycles. The molecular formula is C7H12O. The predicted octanol–water partition coefficient (Wildman–Crippen LogP) is 2.11. The Balaban J connectivity index is 3.92. The van der Waals surface area contributed by atoms with Crippen LogP contribution in [0, 0.1) is 0 Å². The second kappa shape index (κ2) is 3.30. The van der Waals surface area contributed by atoms with E-state index in [9.17, 15) is 0 Å². The van der Waals surface area contributed by atoms with Crippen molar-refractivity contribution in [3.63, 3.8) is 0 Å². The van der Waals surface area contributed by atoms with E-state index in [0.717, 1.165) is 11.3 Å². The number of methoxy groups -OCH3 is 1. The van der Waals surface area contributed by atoms with Crippen molar-refractivity contribution in [3.05, 3.63) is 24.0 Å². The molecule has 0 aromatic rings. The fraction of sp³-hybridized carbons (Fsp3) is 0.429. The highest BCUT2D eigenvalue weighted by atomic mass is 16.5. The quantitative estimate of drug-likeness (QED) is 0.392. The van der Waals surface area contributed by atoms with Crippen molar-refractivity contribution in [3.8, 4) is 0 Å². The summed E-state index contributed by atoms with van der Waals surface area (Å²) in [7, 11) is 1.64. The molecular weight excluding hydrogens is 100 g/mol. The molecule has 0 aromatic carbocycles. The van der Waals surface area contributed by atoms with Crippen molar-refractivity contribution in [2.75, 3.05) is 7.11 Å². The van der Waals surface area contributed by atoms with Gasteiger partial charge in [-0.2, -0.15) is 0 Å². The van der Waals surface area contributed by atoms with Gasteiger partial charge in [0.25, 0.3) is 0 Å². The zero-order chi connectivity index (χ0) is 6.57. The fourth-order valence-corrected chi connectivity index (χ4v) is 0.538. The average molecular weight is 112 g/mol. The van der Waals surface area contributed by atoms with E-state index in [4.69, 9.17) is 4.74 Å². The van der Waals surface area contributed by atoms with Crippen LogP contribution in [0.15, 0.2) is 24.0 Å². The maximum absolute atomic E-state index is 4.92. The summed E-state index contributed by atoms with van der Waals surface area (Å²) in [6, 6.07) is 0. The Morgan fingerprint density at radius 2 is 2.12 bits per heavy atom. The molecule has 0 N–H and O–H groups in total. The number of hydrogen-bond donors (Lipinski definition) is 0. The highest BCUT2D eigenvalue weighted by Gasteiger charge is 1.90. The first-order valence-corrected chi connectivity index (χ1v) is 2.58. The van der Waals surface area contributed by atoms with Crippen molar-refractivity contribution in [2.45, 2.75) is 13.8 Å². The summed E-state index contributed by atoms with van der Waals surface area (Å²) in [6.45, 7) is 7.54. The average Bonchev–Trinajstić information content (AvgIpc) is 1.69. The Morgan fingerprint density at radius 3 is 2.12 bits per heavy atom. The number of ether oxygens (including phenoxy) is 1. The van der Waals surface area contributed by atoms with Gasteiger partial charge in [-0.15, -0.1) is 0 Å². The monoisotopic (exact) mass is 112 g/mol. The summed E-state index contributed by atoms with van der Waals surface area (Å²) in [6.07, 6.45) is 1.89. The summed E-state index contributed by atoms with van der Waals surface area (Å²) in [5.74, 6) is 0.866. The van der Waals surface area contributed by atoms with Crippen LogP contribution in [0.5, 0.6) is 0 Å². The fourth-order valence-electron chi connectivity index (χ4n) is 0.538. The minimum absolute atomic E-state index is 0.866. The molecule has 0 unspecified atom stereocenters. The zero-order valence-corrected chi connectivity index (χ0v) is 5.69. The molecule has 0 saturated carbocycles. The summed E-state index contributed by atoms with van der Waals surface area (Å²) in [5.41, 5.74) is 0.968. The van der Waals surface area contributed by atoms with Crippen LogP contribution in [-0.4, -0.2) is 7.11 Å². The maximum Gasteiger partial charge on any atom is 0.116 e. The van der Waals surface area contributed by atoms with Gasteiger partial charge in [-0.1, -0.05) is 6.58 Å². The Kier molecular flexibility index (Phi) is 3.01. The molecule has 0 radical (unpaired) electrons. The lowest BCUT2D eigenvalue weighted by atomic mass is 10.3. The standard InChI is InChI=1S/C7H12O/c1-5-7(8-4)6(2)3/h5H,2H2,1,3-4H3/b7-5+. The SMILES string of the molecule is C=C(C)/C(=C\C)OC. The molecule has 0 spiro atoms. The van der Waals surface area contributed by atoms with Gasteiger partial charge in [-0.25, -0.2) is 0 Å². The Morgan fingerprint density at radius 1 is 1.62 bits per heavy atom. The first-order valence-electron chi connectivity index (χ1n) is 2.58.